The predicted octanol–water partition coefficient (Wildman–Crippen LogP) is 4.62. The first kappa shape index (κ1) is 19.9. The first-order valence-corrected chi connectivity index (χ1v) is 11.1. The van der Waals surface area contributed by atoms with Crippen LogP contribution in [0.4, 0.5) is 5.69 Å². The number of halogens is 1. The van der Waals surface area contributed by atoms with Crippen LogP contribution in [0.5, 0.6) is 0 Å². The molecule has 2 aromatic rings. The first-order valence-electron chi connectivity index (χ1n) is 10.3. The van der Waals surface area contributed by atoms with Crippen molar-refractivity contribution in [3.63, 3.8) is 0 Å². The Morgan fingerprint density at radius 3 is 2.23 bits per heavy atom. The van der Waals surface area contributed by atoms with E-state index < -0.39 is 5.92 Å². The van der Waals surface area contributed by atoms with E-state index in [2.05, 4.69) is 15.9 Å². The maximum atomic E-state index is 13.3. The predicted molar refractivity (Wildman–Crippen MR) is 121 cm³/mol. The first-order chi connectivity index (χ1) is 14.9. The van der Waals surface area contributed by atoms with E-state index >= 15 is 0 Å². The van der Waals surface area contributed by atoms with Crippen LogP contribution in [0.25, 0.3) is 0 Å². The van der Waals surface area contributed by atoms with Crippen molar-refractivity contribution in [2.45, 2.75) is 32.1 Å². The molecule has 2 aliphatic heterocycles. The van der Waals surface area contributed by atoms with E-state index in [0.717, 1.165) is 33.4 Å². The van der Waals surface area contributed by atoms with Crippen LogP contribution < -0.4 is 4.90 Å². The molecule has 2 amide bonds. The molecule has 0 radical (unpaired) electrons. The Hall–Kier alpha value is -2.99. The average molecular weight is 477 g/mol. The zero-order valence-corrected chi connectivity index (χ0v) is 18.9. The molecule has 0 N–H and O–H groups in total. The van der Waals surface area contributed by atoms with Gasteiger partial charge in [0.1, 0.15) is 5.70 Å². The molecule has 0 spiro atoms. The van der Waals surface area contributed by atoms with Gasteiger partial charge in [-0.15, -0.1) is 0 Å². The van der Waals surface area contributed by atoms with E-state index in [9.17, 15) is 14.4 Å². The van der Waals surface area contributed by atoms with Gasteiger partial charge in [0, 0.05) is 40.8 Å². The number of ketones is 1. The number of likely N-dealkylation sites (N-methyl/N-ethyl adjacent to an activating group) is 1. The van der Waals surface area contributed by atoms with Crippen LogP contribution in [0.2, 0.25) is 0 Å². The van der Waals surface area contributed by atoms with Crippen molar-refractivity contribution in [2.75, 3.05) is 11.9 Å². The molecule has 2 heterocycles. The summed E-state index contributed by atoms with van der Waals surface area (Å²) in [5.41, 5.74) is 4.99. The van der Waals surface area contributed by atoms with Gasteiger partial charge in [-0.3, -0.25) is 19.3 Å². The maximum Gasteiger partial charge on any atom is 0.277 e. The molecule has 31 heavy (non-hydrogen) atoms. The van der Waals surface area contributed by atoms with Crippen molar-refractivity contribution in [1.82, 2.24) is 4.90 Å². The minimum atomic E-state index is -0.522. The molecule has 6 heteroatoms. The Kier molecular flexibility index (Phi) is 4.70. The lowest BCUT2D eigenvalue weighted by Crippen LogP contribution is -2.37. The molecule has 0 unspecified atom stereocenters. The van der Waals surface area contributed by atoms with Gasteiger partial charge in [0.15, 0.2) is 5.78 Å². The molecule has 1 atom stereocenters. The summed E-state index contributed by atoms with van der Waals surface area (Å²) in [6, 6.07) is 15.5. The fraction of sp³-hybridized carbons (Fsp3) is 0.240. The zero-order valence-electron chi connectivity index (χ0n) is 17.3. The number of Topliss-reactive ketones (excluding diaryl/α,β-unsaturated/α-hetero) is 1. The number of nitrogens with zero attached hydrogens (tertiary/aromatic N) is 2. The SMILES string of the molecule is Cc1ccc([C@@H]2C3=C(CCCC3=O)N(c3ccc(Br)cc3)C3=C2C(=O)N(C)C3=O)cc1. The number of rotatable bonds is 2. The second-order valence-corrected chi connectivity index (χ2v) is 9.14. The Balaban J connectivity index is 1.81. The van der Waals surface area contributed by atoms with Crippen LogP contribution >= 0.6 is 15.9 Å². The number of benzene rings is 2. The monoisotopic (exact) mass is 476 g/mol. The lowest BCUT2D eigenvalue weighted by atomic mass is 9.74. The van der Waals surface area contributed by atoms with Crippen molar-refractivity contribution >= 4 is 39.2 Å². The number of allylic oxidation sites excluding steroid dienone is 2. The second-order valence-electron chi connectivity index (χ2n) is 8.22. The van der Waals surface area contributed by atoms with Gasteiger partial charge in [-0.25, -0.2) is 0 Å². The highest BCUT2D eigenvalue weighted by Crippen LogP contribution is 2.50. The topological polar surface area (TPSA) is 57.7 Å². The Morgan fingerprint density at radius 2 is 1.55 bits per heavy atom. The van der Waals surface area contributed by atoms with Crippen molar-refractivity contribution in [2.24, 2.45) is 0 Å². The van der Waals surface area contributed by atoms with Crippen molar-refractivity contribution in [1.29, 1.82) is 0 Å². The van der Waals surface area contributed by atoms with E-state index in [4.69, 9.17) is 0 Å². The molecule has 0 aromatic heterocycles. The smallest absolute Gasteiger partial charge is 0.277 e. The number of hydrogen-bond acceptors (Lipinski definition) is 4. The zero-order chi connectivity index (χ0) is 21.9. The third-order valence-corrected chi connectivity index (χ3v) is 6.82. The number of hydrogen-bond donors (Lipinski definition) is 0. The molecular weight excluding hydrogens is 456 g/mol. The summed E-state index contributed by atoms with van der Waals surface area (Å²) in [4.78, 5) is 42.8. The van der Waals surface area contributed by atoms with Crippen LogP contribution in [0, 0.1) is 6.92 Å². The van der Waals surface area contributed by atoms with Crippen LogP contribution in [0.15, 0.2) is 75.5 Å². The molecule has 3 aliphatic rings. The van der Waals surface area contributed by atoms with E-state index in [1.54, 1.807) is 0 Å². The molecule has 1 aliphatic carbocycles. The third kappa shape index (κ3) is 3.00. The minimum absolute atomic E-state index is 0.0512. The van der Waals surface area contributed by atoms with Crippen LogP contribution in [-0.2, 0) is 14.4 Å². The van der Waals surface area contributed by atoms with Crippen molar-refractivity contribution in [3.05, 3.63) is 86.7 Å². The molecule has 0 bridgehead atoms. The van der Waals surface area contributed by atoms with E-state index in [-0.39, 0.29) is 17.6 Å². The number of aryl methyl sites for hydroxylation is 1. The van der Waals surface area contributed by atoms with Crippen LogP contribution in [0.1, 0.15) is 36.3 Å². The number of anilines is 1. The van der Waals surface area contributed by atoms with E-state index in [0.29, 0.717) is 29.7 Å². The summed E-state index contributed by atoms with van der Waals surface area (Å²) < 4.78 is 0.917. The second kappa shape index (κ2) is 7.31. The Bertz CT molecular complexity index is 1190. The molecule has 2 aromatic carbocycles. The molecular formula is C25H21BrN2O3. The maximum absolute atomic E-state index is 13.3. The van der Waals surface area contributed by atoms with Gasteiger partial charge in [-0.05, 0) is 49.6 Å². The fourth-order valence-corrected chi connectivity index (χ4v) is 5.04. The molecule has 5 nitrogen and oxygen atoms in total. The van der Waals surface area contributed by atoms with Crippen LogP contribution in [-0.4, -0.2) is 29.5 Å². The largest absolute Gasteiger partial charge is 0.308 e. The summed E-state index contributed by atoms with van der Waals surface area (Å²) in [5, 5.41) is 0. The molecule has 5 rings (SSSR count). The fourth-order valence-electron chi connectivity index (χ4n) is 4.78. The van der Waals surface area contributed by atoms with Gasteiger partial charge in [0.2, 0.25) is 0 Å². The minimum Gasteiger partial charge on any atom is -0.308 e. The molecule has 156 valence electrons. The van der Waals surface area contributed by atoms with Gasteiger partial charge in [0.05, 0.1) is 5.57 Å². The highest BCUT2D eigenvalue weighted by atomic mass is 79.9. The van der Waals surface area contributed by atoms with Crippen molar-refractivity contribution in [3.8, 4) is 0 Å². The Morgan fingerprint density at radius 1 is 0.871 bits per heavy atom. The van der Waals surface area contributed by atoms with E-state index in [1.165, 1.54) is 11.9 Å². The summed E-state index contributed by atoms with van der Waals surface area (Å²) >= 11 is 3.46. The lowest BCUT2D eigenvalue weighted by Gasteiger charge is -2.39. The van der Waals surface area contributed by atoms with E-state index in [1.807, 2.05) is 60.4 Å². The van der Waals surface area contributed by atoms with Gasteiger partial charge < -0.3 is 4.90 Å². The number of amides is 2. The number of imide groups is 1. The molecule has 0 saturated heterocycles. The average Bonchev–Trinajstić information content (AvgIpc) is 2.98. The quantitative estimate of drug-likeness (QED) is 0.593. The highest BCUT2D eigenvalue weighted by molar-refractivity contribution is 9.10. The number of carbonyl (C=O) groups is 3. The van der Waals surface area contributed by atoms with Crippen molar-refractivity contribution < 1.29 is 14.4 Å². The Labute approximate surface area is 189 Å². The highest BCUT2D eigenvalue weighted by Gasteiger charge is 2.50. The summed E-state index contributed by atoms with van der Waals surface area (Å²) in [7, 11) is 1.51. The normalized spacial score (nSPS) is 21.1. The van der Waals surface area contributed by atoms with Crippen LogP contribution in [0.3, 0.4) is 0 Å². The third-order valence-electron chi connectivity index (χ3n) is 6.29. The lowest BCUT2D eigenvalue weighted by molar-refractivity contribution is -0.136. The molecule has 0 saturated carbocycles. The van der Waals surface area contributed by atoms with Gasteiger partial charge in [-0.2, -0.15) is 0 Å². The summed E-state index contributed by atoms with van der Waals surface area (Å²) in [6.45, 7) is 2.00. The molecule has 0 fully saturated rings. The van der Waals surface area contributed by atoms with Gasteiger partial charge >= 0.3 is 0 Å². The van der Waals surface area contributed by atoms with Gasteiger partial charge in [-0.1, -0.05) is 45.8 Å². The number of carbonyl (C=O) groups excluding carboxylic acids is 3. The summed E-state index contributed by atoms with van der Waals surface area (Å²) in [5.74, 6) is -1.14. The standard InChI is InChI=1S/C25H21BrN2O3/c1-14-6-8-15(9-7-14)20-21-18(4-3-5-19(21)29)28(17-12-10-16(26)11-13-17)23-22(20)24(30)27(2)25(23)31/h6-13,20H,3-5H2,1-2H3/t20-/m1/s1. The summed E-state index contributed by atoms with van der Waals surface area (Å²) in [6.07, 6.45) is 1.86. The van der Waals surface area contributed by atoms with Gasteiger partial charge in [0.25, 0.3) is 11.8 Å².